The zero-order chi connectivity index (χ0) is 12.7. The Morgan fingerprint density at radius 1 is 1.35 bits per heavy atom. The standard InChI is InChI=1S/C13H26N2O2/c1-3-12(13(16)17)14-9-11(2)10-15-7-5-4-6-8-15/h11-12,14H,3-10H2,1-2H3,(H,16,17). The number of carboxylic acid groups (broad SMARTS) is 1. The van der Waals surface area contributed by atoms with Crippen LogP contribution in [0.2, 0.25) is 0 Å². The Morgan fingerprint density at radius 3 is 2.53 bits per heavy atom. The predicted molar refractivity (Wildman–Crippen MR) is 69.2 cm³/mol. The summed E-state index contributed by atoms with van der Waals surface area (Å²) in [4.78, 5) is 13.4. The van der Waals surface area contributed by atoms with Crippen LogP contribution >= 0.6 is 0 Å². The Labute approximate surface area is 104 Å². The topological polar surface area (TPSA) is 52.6 Å². The van der Waals surface area contributed by atoms with Crippen LogP contribution in [0.1, 0.15) is 39.5 Å². The molecular weight excluding hydrogens is 216 g/mol. The molecule has 100 valence electrons. The van der Waals surface area contributed by atoms with Gasteiger partial charge in [-0.3, -0.25) is 4.79 Å². The normalized spacial score (nSPS) is 21.1. The maximum Gasteiger partial charge on any atom is 0.320 e. The van der Waals surface area contributed by atoms with Gasteiger partial charge in [0.1, 0.15) is 6.04 Å². The zero-order valence-corrected chi connectivity index (χ0v) is 11.1. The molecule has 4 heteroatoms. The van der Waals surface area contributed by atoms with Gasteiger partial charge in [-0.05, 0) is 44.8 Å². The summed E-state index contributed by atoms with van der Waals surface area (Å²) >= 11 is 0. The van der Waals surface area contributed by atoms with Crippen LogP contribution in [-0.2, 0) is 4.79 Å². The van der Waals surface area contributed by atoms with Crippen molar-refractivity contribution in [2.45, 2.75) is 45.6 Å². The Hall–Kier alpha value is -0.610. The monoisotopic (exact) mass is 242 g/mol. The molecule has 0 saturated carbocycles. The minimum atomic E-state index is -0.738. The second-order valence-corrected chi connectivity index (χ2v) is 5.17. The van der Waals surface area contributed by atoms with Gasteiger partial charge in [-0.2, -0.15) is 0 Å². The third-order valence-electron chi connectivity index (χ3n) is 3.44. The summed E-state index contributed by atoms with van der Waals surface area (Å²) in [5, 5.41) is 12.1. The molecule has 0 aromatic heterocycles. The van der Waals surface area contributed by atoms with Crippen LogP contribution in [-0.4, -0.2) is 48.2 Å². The van der Waals surface area contributed by atoms with Gasteiger partial charge in [-0.1, -0.05) is 20.3 Å². The SMILES string of the molecule is CCC(NCC(C)CN1CCCCC1)C(=O)O. The van der Waals surface area contributed by atoms with E-state index >= 15 is 0 Å². The summed E-state index contributed by atoms with van der Waals surface area (Å²) in [5.74, 6) is -0.223. The lowest BCUT2D eigenvalue weighted by molar-refractivity contribution is -0.139. The van der Waals surface area contributed by atoms with E-state index in [4.69, 9.17) is 5.11 Å². The fraction of sp³-hybridized carbons (Fsp3) is 0.923. The molecule has 1 rings (SSSR count). The summed E-state index contributed by atoms with van der Waals surface area (Å²) in [6.45, 7) is 8.39. The maximum atomic E-state index is 10.9. The van der Waals surface area contributed by atoms with Crippen molar-refractivity contribution in [3.05, 3.63) is 0 Å². The largest absolute Gasteiger partial charge is 0.480 e. The molecule has 0 radical (unpaired) electrons. The van der Waals surface area contributed by atoms with E-state index in [9.17, 15) is 4.79 Å². The highest BCUT2D eigenvalue weighted by Gasteiger charge is 2.17. The minimum Gasteiger partial charge on any atom is -0.480 e. The number of nitrogens with one attached hydrogen (secondary N) is 1. The Morgan fingerprint density at radius 2 is 2.00 bits per heavy atom. The highest BCUT2D eigenvalue weighted by molar-refractivity contribution is 5.73. The molecule has 1 aliphatic heterocycles. The summed E-state index contributed by atoms with van der Waals surface area (Å²) in [5.41, 5.74) is 0. The van der Waals surface area contributed by atoms with Crippen LogP contribution in [0.4, 0.5) is 0 Å². The second kappa shape index (κ2) is 7.67. The highest BCUT2D eigenvalue weighted by atomic mass is 16.4. The van der Waals surface area contributed by atoms with Crippen molar-refractivity contribution < 1.29 is 9.90 Å². The third-order valence-corrected chi connectivity index (χ3v) is 3.44. The van der Waals surface area contributed by atoms with Crippen molar-refractivity contribution in [1.82, 2.24) is 10.2 Å². The summed E-state index contributed by atoms with van der Waals surface area (Å²) < 4.78 is 0. The van der Waals surface area contributed by atoms with Gasteiger partial charge in [0.05, 0.1) is 0 Å². The number of piperidine rings is 1. The molecule has 0 aromatic carbocycles. The summed E-state index contributed by atoms with van der Waals surface area (Å²) in [6, 6.07) is -0.390. The quantitative estimate of drug-likeness (QED) is 0.711. The number of hydrogen-bond acceptors (Lipinski definition) is 3. The van der Waals surface area contributed by atoms with Gasteiger partial charge in [0.2, 0.25) is 0 Å². The van der Waals surface area contributed by atoms with Crippen molar-refractivity contribution in [2.24, 2.45) is 5.92 Å². The Kier molecular flexibility index (Phi) is 6.52. The van der Waals surface area contributed by atoms with Gasteiger partial charge >= 0.3 is 5.97 Å². The van der Waals surface area contributed by atoms with Gasteiger partial charge in [0.15, 0.2) is 0 Å². The number of rotatable bonds is 7. The number of hydrogen-bond donors (Lipinski definition) is 2. The lowest BCUT2D eigenvalue weighted by Crippen LogP contribution is -2.42. The van der Waals surface area contributed by atoms with Crippen LogP contribution in [0.15, 0.2) is 0 Å². The molecule has 1 saturated heterocycles. The molecule has 1 heterocycles. The molecule has 0 spiro atoms. The molecule has 2 unspecified atom stereocenters. The van der Waals surface area contributed by atoms with Crippen LogP contribution in [0, 0.1) is 5.92 Å². The van der Waals surface area contributed by atoms with E-state index in [1.807, 2.05) is 6.92 Å². The molecule has 0 bridgehead atoms. The number of likely N-dealkylation sites (tertiary alicyclic amines) is 1. The minimum absolute atomic E-state index is 0.390. The van der Waals surface area contributed by atoms with Crippen molar-refractivity contribution >= 4 is 5.97 Å². The first-order chi connectivity index (χ1) is 8.13. The van der Waals surface area contributed by atoms with Crippen LogP contribution < -0.4 is 5.32 Å². The van der Waals surface area contributed by atoms with E-state index in [0.29, 0.717) is 12.3 Å². The molecular formula is C13H26N2O2. The van der Waals surface area contributed by atoms with Crippen molar-refractivity contribution in [3.8, 4) is 0 Å². The molecule has 1 aliphatic rings. The molecule has 4 nitrogen and oxygen atoms in total. The fourth-order valence-corrected chi connectivity index (χ4v) is 2.40. The highest BCUT2D eigenvalue weighted by Crippen LogP contribution is 2.10. The van der Waals surface area contributed by atoms with Crippen LogP contribution in [0.5, 0.6) is 0 Å². The Bertz CT molecular complexity index is 227. The van der Waals surface area contributed by atoms with Crippen LogP contribution in [0.25, 0.3) is 0 Å². The van der Waals surface area contributed by atoms with Gasteiger partial charge in [-0.15, -0.1) is 0 Å². The van der Waals surface area contributed by atoms with Gasteiger partial charge in [-0.25, -0.2) is 0 Å². The molecule has 2 atom stereocenters. The molecule has 17 heavy (non-hydrogen) atoms. The summed E-state index contributed by atoms with van der Waals surface area (Å²) in [6.07, 6.45) is 4.63. The predicted octanol–water partition coefficient (Wildman–Crippen LogP) is 1.56. The third kappa shape index (κ3) is 5.50. The van der Waals surface area contributed by atoms with E-state index in [1.54, 1.807) is 0 Å². The lowest BCUT2D eigenvalue weighted by Gasteiger charge is -2.29. The number of nitrogens with zero attached hydrogens (tertiary/aromatic N) is 1. The number of aliphatic carboxylic acids is 1. The average Bonchev–Trinajstić information content (AvgIpc) is 2.30. The Balaban J connectivity index is 2.19. The first-order valence-electron chi connectivity index (χ1n) is 6.82. The maximum absolute atomic E-state index is 10.9. The van der Waals surface area contributed by atoms with Crippen LogP contribution in [0.3, 0.4) is 0 Å². The van der Waals surface area contributed by atoms with Gasteiger partial charge in [0, 0.05) is 6.54 Å². The van der Waals surface area contributed by atoms with E-state index < -0.39 is 5.97 Å². The fourth-order valence-electron chi connectivity index (χ4n) is 2.40. The molecule has 0 amide bonds. The lowest BCUT2D eigenvalue weighted by atomic mass is 10.1. The average molecular weight is 242 g/mol. The van der Waals surface area contributed by atoms with Crippen molar-refractivity contribution in [3.63, 3.8) is 0 Å². The van der Waals surface area contributed by atoms with E-state index in [0.717, 1.165) is 13.1 Å². The van der Waals surface area contributed by atoms with Gasteiger partial charge in [0.25, 0.3) is 0 Å². The number of carboxylic acids is 1. The first-order valence-corrected chi connectivity index (χ1v) is 6.82. The number of carbonyl (C=O) groups is 1. The molecule has 1 fully saturated rings. The molecule has 0 aliphatic carbocycles. The molecule has 0 aromatic rings. The zero-order valence-electron chi connectivity index (χ0n) is 11.1. The first kappa shape index (κ1) is 14.5. The smallest absolute Gasteiger partial charge is 0.320 e. The van der Waals surface area contributed by atoms with E-state index in [2.05, 4.69) is 17.1 Å². The van der Waals surface area contributed by atoms with Crippen molar-refractivity contribution in [2.75, 3.05) is 26.2 Å². The molecule has 2 N–H and O–H groups in total. The van der Waals surface area contributed by atoms with E-state index in [1.165, 1.54) is 32.4 Å². The second-order valence-electron chi connectivity index (χ2n) is 5.17. The summed E-state index contributed by atoms with van der Waals surface area (Å²) in [7, 11) is 0. The van der Waals surface area contributed by atoms with Crippen molar-refractivity contribution in [1.29, 1.82) is 0 Å². The van der Waals surface area contributed by atoms with Gasteiger partial charge < -0.3 is 15.3 Å². The van der Waals surface area contributed by atoms with E-state index in [-0.39, 0.29) is 6.04 Å².